The number of aliphatic hydroxyl groups excluding tert-OH is 4. The van der Waals surface area contributed by atoms with Gasteiger partial charge in [-0.1, -0.05) is 45.0 Å². The third-order valence-electron chi connectivity index (χ3n) is 7.90. The van der Waals surface area contributed by atoms with Crippen LogP contribution in [0.2, 0.25) is 0 Å². The molecule has 0 aliphatic carbocycles. The van der Waals surface area contributed by atoms with E-state index in [4.69, 9.17) is 18.9 Å². The Bertz CT molecular complexity index is 1340. The number of aryl methyl sites for hydroxylation is 1. The summed E-state index contributed by atoms with van der Waals surface area (Å²) < 4.78 is 23.9. The van der Waals surface area contributed by atoms with Crippen LogP contribution in [0.15, 0.2) is 24.3 Å². The summed E-state index contributed by atoms with van der Waals surface area (Å²) in [5, 5.41) is 64.8. The molecule has 0 bridgehead atoms. The Morgan fingerprint density at radius 2 is 1.60 bits per heavy atom. The number of benzene rings is 1. The highest BCUT2D eigenvalue weighted by molar-refractivity contribution is 5.81. The summed E-state index contributed by atoms with van der Waals surface area (Å²) in [5.41, 5.74) is 0.821. The van der Waals surface area contributed by atoms with Crippen LogP contribution in [0, 0.1) is 12.3 Å². The van der Waals surface area contributed by atoms with E-state index in [-0.39, 0.29) is 6.54 Å². The molecule has 2 amide bonds. The molecular weight excluding hydrogens is 616 g/mol. The van der Waals surface area contributed by atoms with Gasteiger partial charge in [-0.15, -0.1) is 20.4 Å². The summed E-state index contributed by atoms with van der Waals surface area (Å²) in [6, 6.07) is 6.11. The number of aromatic nitrogens is 4. The van der Waals surface area contributed by atoms with Crippen LogP contribution in [0.25, 0.3) is 11.4 Å². The van der Waals surface area contributed by atoms with Gasteiger partial charge in [-0.05, 0) is 31.7 Å². The fourth-order valence-electron chi connectivity index (χ4n) is 5.64. The SMILES string of the molecule is CC(=O)N[C@H]1C(O[C@@H]2OC(C(=O)NCc3ccc(-c4nnc(C)nn4)cc3)[C@@H](OC(C)C)C(O)C2O)[C@H](O)C(CO)O[C@H]1C(C)(C)C. The van der Waals surface area contributed by atoms with Crippen LogP contribution < -0.4 is 10.6 Å². The summed E-state index contributed by atoms with van der Waals surface area (Å²) >= 11 is 0. The van der Waals surface area contributed by atoms with Gasteiger partial charge in [-0.25, -0.2) is 0 Å². The van der Waals surface area contributed by atoms with Crippen molar-refractivity contribution in [2.24, 2.45) is 5.41 Å². The second-order valence-electron chi connectivity index (χ2n) is 13.2. The monoisotopic (exact) mass is 662 g/mol. The Morgan fingerprint density at radius 3 is 2.15 bits per heavy atom. The van der Waals surface area contributed by atoms with Gasteiger partial charge >= 0.3 is 0 Å². The van der Waals surface area contributed by atoms with Crippen molar-refractivity contribution < 1.29 is 49.0 Å². The lowest BCUT2D eigenvalue weighted by molar-refractivity contribution is -0.332. The summed E-state index contributed by atoms with van der Waals surface area (Å²) in [6.45, 7) is 11.5. The molecule has 10 atom stereocenters. The average Bonchev–Trinajstić information content (AvgIpc) is 3.00. The van der Waals surface area contributed by atoms with Gasteiger partial charge in [0.25, 0.3) is 5.91 Å². The number of aliphatic hydroxyl groups is 4. The second kappa shape index (κ2) is 15.3. The zero-order chi connectivity index (χ0) is 34.6. The quantitative estimate of drug-likeness (QED) is 0.182. The van der Waals surface area contributed by atoms with E-state index in [0.717, 1.165) is 5.56 Å². The van der Waals surface area contributed by atoms with Crippen molar-refractivity contribution >= 4 is 11.8 Å². The highest BCUT2D eigenvalue weighted by atomic mass is 16.7. The molecule has 47 heavy (non-hydrogen) atoms. The lowest BCUT2D eigenvalue weighted by Crippen LogP contribution is -2.70. The van der Waals surface area contributed by atoms with Crippen LogP contribution >= 0.6 is 0 Å². The van der Waals surface area contributed by atoms with Crippen LogP contribution in [-0.4, -0.2) is 127 Å². The number of amides is 2. The van der Waals surface area contributed by atoms with Crippen LogP contribution in [0.5, 0.6) is 0 Å². The molecule has 1 aromatic carbocycles. The first-order valence-electron chi connectivity index (χ1n) is 15.6. The average molecular weight is 663 g/mol. The third kappa shape index (κ3) is 8.83. The van der Waals surface area contributed by atoms with Gasteiger partial charge in [0.2, 0.25) is 11.7 Å². The molecule has 2 aliphatic rings. The van der Waals surface area contributed by atoms with E-state index >= 15 is 0 Å². The van der Waals surface area contributed by atoms with Crippen LogP contribution in [0.4, 0.5) is 0 Å². The summed E-state index contributed by atoms with van der Waals surface area (Å²) in [4.78, 5) is 25.8. The number of nitrogens with zero attached hydrogens (tertiary/aromatic N) is 4. The first-order chi connectivity index (χ1) is 22.1. The van der Waals surface area contributed by atoms with Crippen LogP contribution in [-0.2, 0) is 35.1 Å². The van der Waals surface area contributed by atoms with Gasteiger partial charge < -0.3 is 50.0 Å². The van der Waals surface area contributed by atoms with E-state index in [1.165, 1.54) is 6.92 Å². The minimum absolute atomic E-state index is 0.0809. The smallest absolute Gasteiger partial charge is 0.252 e. The zero-order valence-electron chi connectivity index (χ0n) is 27.6. The van der Waals surface area contributed by atoms with Crippen molar-refractivity contribution in [3.8, 4) is 11.4 Å². The summed E-state index contributed by atoms with van der Waals surface area (Å²) in [6.07, 6.45) is -12.7. The van der Waals surface area contributed by atoms with Crippen molar-refractivity contribution in [2.75, 3.05) is 6.61 Å². The topological polar surface area (TPSA) is 228 Å². The van der Waals surface area contributed by atoms with Crippen LogP contribution in [0.1, 0.15) is 52.9 Å². The minimum Gasteiger partial charge on any atom is -0.394 e. The van der Waals surface area contributed by atoms with Crippen molar-refractivity contribution in [1.29, 1.82) is 0 Å². The minimum atomic E-state index is -1.71. The molecule has 0 saturated carbocycles. The van der Waals surface area contributed by atoms with E-state index in [0.29, 0.717) is 17.2 Å². The lowest BCUT2D eigenvalue weighted by atomic mass is 9.78. The second-order valence-corrected chi connectivity index (χ2v) is 13.2. The first-order valence-corrected chi connectivity index (χ1v) is 15.6. The number of hydrogen-bond donors (Lipinski definition) is 6. The normalized spacial score (nSPS) is 31.4. The molecule has 260 valence electrons. The number of carbonyl (C=O) groups is 2. The van der Waals surface area contributed by atoms with Gasteiger partial charge in [0, 0.05) is 19.0 Å². The van der Waals surface area contributed by atoms with Gasteiger partial charge in [-0.2, -0.15) is 0 Å². The zero-order valence-corrected chi connectivity index (χ0v) is 27.6. The number of carbonyl (C=O) groups excluding carboxylic acids is 2. The summed E-state index contributed by atoms with van der Waals surface area (Å²) in [7, 11) is 0. The number of ether oxygens (including phenoxy) is 4. The number of rotatable bonds is 10. The molecule has 2 saturated heterocycles. The molecule has 16 nitrogen and oxygen atoms in total. The van der Waals surface area contributed by atoms with E-state index in [1.807, 2.05) is 20.8 Å². The Kier molecular flexibility index (Phi) is 11.9. The van der Waals surface area contributed by atoms with E-state index in [2.05, 4.69) is 31.0 Å². The standard InChI is InChI=1S/C31H46N6O10/c1-14(2)44-25-22(41)23(42)30(46-24-20(33-16(4)39)27(31(5,6)7)45-19(13-38)21(24)40)47-26(25)29(43)32-12-17-8-10-18(11-9-17)28-36-34-15(3)35-37-28/h8-11,14,19-27,30,38,40-42H,12-13H2,1-7H3,(H,32,43)(H,33,39)/t19?,20-,21+,22?,23?,24?,25-,26?,27+,30+/m0/s1. The number of hydrogen-bond acceptors (Lipinski definition) is 14. The van der Waals surface area contributed by atoms with Gasteiger partial charge in [0.1, 0.15) is 36.6 Å². The molecule has 0 radical (unpaired) electrons. The Labute approximate surface area is 273 Å². The molecule has 0 spiro atoms. The Morgan fingerprint density at radius 1 is 0.957 bits per heavy atom. The van der Waals surface area contributed by atoms with Gasteiger partial charge in [0.05, 0.1) is 24.9 Å². The predicted octanol–water partition coefficient (Wildman–Crippen LogP) is -0.845. The van der Waals surface area contributed by atoms with Gasteiger partial charge in [-0.3, -0.25) is 9.59 Å². The first kappa shape index (κ1) is 36.6. The predicted molar refractivity (Wildman–Crippen MR) is 164 cm³/mol. The molecule has 2 fully saturated rings. The largest absolute Gasteiger partial charge is 0.394 e. The molecule has 6 N–H and O–H groups in total. The van der Waals surface area contributed by atoms with E-state index < -0.39 is 91.1 Å². The molecular formula is C31H46N6O10. The molecule has 1 aromatic heterocycles. The Balaban J connectivity index is 1.54. The van der Waals surface area contributed by atoms with E-state index in [1.54, 1.807) is 45.0 Å². The fourth-order valence-corrected chi connectivity index (χ4v) is 5.64. The van der Waals surface area contributed by atoms with Crippen molar-refractivity contribution in [2.45, 2.75) is 122 Å². The maximum atomic E-state index is 13.6. The number of nitrogens with one attached hydrogen (secondary N) is 2. The molecule has 4 rings (SSSR count). The molecule has 3 heterocycles. The Hall–Kier alpha value is -3.22. The highest BCUT2D eigenvalue weighted by Gasteiger charge is 2.54. The maximum Gasteiger partial charge on any atom is 0.252 e. The van der Waals surface area contributed by atoms with Crippen molar-refractivity contribution in [3.63, 3.8) is 0 Å². The van der Waals surface area contributed by atoms with E-state index in [9.17, 15) is 30.0 Å². The molecule has 2 aromatic rings. The van der Waals surface area contributed by atoms with Crippen LogP contribution in [0.3, 0.4) is 0 Å². The molecule has 2 aliphatic heterocycles. The molecule has 16 heteroatoms. The van der Waals surface area contributed by atoms with Gasteiger partial charge in [0.15, 0.2) is 18.2 Å². The highest BCUT2D eigenvalue weighted by Crippen LogP contribution is 2.36. The fraction of sp³-hybridized carbons (Fsp3) is 0.677. The lowest BCUT2D eigenvalue weighted by Gasteiger charge is -2.51. The third-order valence-corrected chi connectivity index (χ3v) is 7.90. The van der Waals surface area contributed by atoms with Crippen molar-refractivity contribution in [3.05, 3.63) is 35.7 Å². The van der Waals surface area contributed by atoms with Crippen molar-refractivity contribution in [1.82, 2.24) is 31.0 Å². The molecule has 5 unspecified atom stereocenters. The summed E-state index contributed by atoms with van der Waals surface area (Å²) in [5.74, 6) is -0.288. The maximum absolute atomic E-state index is 13.6.